The number of para-hydroxylation sites is 1. The summed E-state index contributed by atoms with van der Waals surface area (Å²) in [6.07, 6.45) is 5.97. The lowest BCUT2D eigenvalue weighted by molar-refractivity contribution is -0.132. The van der Waals surface area contributed by atoms with Crippen molar-refractivity contribution in [1.29, 1.82) is 5.26 Å². The van der Waals surface area contributed by atoms with Crippen molar-refractivity contribution in [3.05, 3.63) is 75.9 Å². The topological polar surface area (TPSA) is 95.3 Å². The second kappa shape index (κ2) is 9.88. The van der Waals surface area contributed by atoms with E-state index < -0.39 is 0 Å². The van der Waals surface area contributed by atoms with Gasteiger partial charge in [-0.1, -0.05) is 24.3 Å². The molecule has 2 aliphatic rings. The van der Waals surface area contributed by atoms with Gasteiger partial charge in [-0.15, -0.1) is 11.3 Å². The highest BCUT2D eigenvalue weighted by Crippen LogP contribution is 2.51. The molecule has 1 N–H and O–H groups in total. The van der Waals surface area contributed by atoms with Crippen LogP contribution in [0, 0.1) is 17.2 Å². The fraction of sp³-hybridized carbons (Fsp3) is 0.333. The Morgan fingerprint density at radius 3 is 2.91 bits per heavy atom. The third-order valence-corrected chi connectivity index (χ3v) is 7.91. The predicted molar refractivity (Wildman–Crippen MR) is 133 cm³/mol. The molecule has 178 valence electrons. The van der Waals surface area contributed by atoms with E-state index in [9.17, 15) is 14.9 Å². The number of methoxy groups -OCH3 is 1. The maximum Gasteiger partial charge on any atom is 0.228 e. The van der Waals surface area contributed by atoms with Crippen molar-refractivity contribution in [3.63, 3.8) is 0 Å². The number of aryl methyl sites for hydroxylation is 1. The lowest BCUT2D eigenvalue weighted by atomic mass is 10.0. The maximum absolute atomic E-state index is 13.0. The first-order chi connectivity index (χ1) is 17.1. The van der Waals surface area contributed by atoms with E-state index in [-0.39, 0.29) is 23.7 Å². The summed E-state index contributed by atoms with van der Waals surface area (Å²) in [5, 5.41) is 13.4. The summed E-state index contributed by atoms with van der Waals surface area (Å²) < 4.78 is 5.45. The van der Waals surface area contributed by atoms with E-state index >= 15 is 0 Å². The van der Waals surface area contributed by atoms with Crippen molar-refractivity contribution in [3.8, 4) is 11.8 Å². The molecular formula is C27H26N4O3S. The van der Waals surface area contributed by atoms with Gasteiger partial charge in [0.15, 0.2) is 0 Å². The number of fused-ring (bicyclic) bond motifs is 1. The molecule has 1 saturated carbocycles. The van der Waals surface area contributed by atoms with E-state index in [2.05, 4.69) is 16.4 Å². The number of amides is 2. The molecule has 2 unspecified atom stereocenters. The summed E-state index contributed by atoms with van der Waals surface area (Å²) in [6.45, 7) is 1.06. The molecule has 2 aromatic heterocycles. The molecule has 8 heteroatoms. The van der Waals surface area contributed by atoms with Crippen molar-refractivity contribution >= 4 is 28.2 Å². The Hall–Kier alpha value is -3.70. The Morgan fingerprint density at radius 1 is 1.29 bits per heavy atom. The summed E-state index contributed by atoms with van der Waals surface area (Å²) in [4.78, 5) is 32.7. The highest BCUT2D eigenvalue weighted by molar-refractivity contribution is 7.16. The molecule has 1 aliphatic carbocycles. The van der Waals surface area contributed by atoms with Crippen LogP contribution in [0.15, 0.2) is 48.8 Å². The maximum atomic E-state index is 13.0. The Balaban J connectivity index is 1.24. The average molecular weight is 487 g/mol. The van der Waals surface area contributed by atoms with Gasteiger partial charge >= 0.3 is 0 Å². The minimum atomic E-state index is -0.137. The van der Waals surface area contributed by atoms with E-state index in [1.54, 1.807) is 19.5 Å². The first-order valence-electron chi connectivity index (χ1n) is 11.7. The van der Waals surface area contributed by atoms with Crippen molar-refractivity contribution in [1.82, 2.24) is 9.88 Å². The zero-order valence-electron chi connectivity index (χ0n) is 19.5. The first kappa shape index (κ1) is 23.1. The number of thiophene rings is 1. The minimum absolute atomic E-state index is 0.0691. The van der Waals surface area contributed by atoms with Crippen molar-refractivity contribution in [2.45, 2.75) is 38.1 Å². The van der Waals surface area contributed by atoms with Gasteiger partial charge in [0.25, 0.3) is 0 Å². The molecule has 0 radical (unpaired) electrons. The second-order valence-corrected chi connectivity index (χ2v) is 10.0. The average Bonchev–Trinajstić information content (AvgIpc) is 3.62. The molecule has 35 heavy (non-hydrogen) atoms. The molecule has 3 heterocycles. The third-order valence-electron chi connectivity index (χ3n) is 6.77. The number of benzene rings is 1. The van der Waals surface area contributed by atoms with Gasteiger partial charge in [0.1, 0.15) is 16.8 Å². The highest BCUT2D eigenvalue weighted by atomic mass is 32.1. The molecular weight excluding hydrogens is 460 g/mol. The number of aromatic nitrogens is 1. The van der Waals surface area contributed by atoms with Crippen molar-refractivity contribution in [2.24, 2.45) is 5.92 Å². The molecule has 1 aromatic carbocycles. The van der Waals surface area contributed by atoms with Gasteiger partial charge in [-0.05, 0) is 54.0 Å². The number of carbonyl (C=O) groups excluding carboxylic acids is 2. The van der Waals surface area contributed by atoms with Gasteiger partial charge in [0, 0.05) is 36.2 Å². The van der Waals surface area contributed by atoms with Crippen LogP contribution in [-0.4, -0.2) is 35.4 Å². The Labute approximate surface area is 208 Å². The van der Waals surface area contributed by atoms with E-state index in [4.69, 9.17) is 4.74 Å². The van der Waals surface area contributed by atoms with Crippen LogP contribution >= 0.6 is 11.3 Å². The number of rotatable bonds is 7. The Morgan fingerprint density at radius 2 is 2.14 bits per heavy atom. The van der Waals surface area contributed by atoms with Gasteiger partial charge in [-0.2, -0.15) is 5.26 Å². The largest absolute Gasteiger partial charge is 0.496 e. The number of nitriles is 1. The summed E-state index contributed by atoms with van der Waals surface area (Å²) in [6, 6.07) is 13.9. The summed E-state index contributed by atoms with van der Waals surface area (Å²) in [5.74, 6) is 0.808. The lowest BCUT2D eigenvalue weighted by Gasteiger charge is -2.27. The normalized spacial score (nSPS) is 18.3. The van der Waals surface area contributed by atoms with E-state index in [1.165, 1.54) is 11.3 Å². The zero-order valence-corrected chi connectivity index (χ0v) is 20.3. The van der Waals surface area contributed by atoms with Crippen LogP contribution in [0.3, 0.4) is 0 Å². The van der Waals surface area contributed by atoms with Crippen molar-refractivity contribution in [2.75, 3.05) is 19.0 Å². The van der Waals surface area contributed by atoms with Gasteiger partial charge in [0.05, 0.1) is 19.2 Å². The number of carbonyl (C=O) groups is 2. The molecule has 0 spiro atoms. The molecule has 0 bridgehead atoms. The van der Waals surface area contributed by atoms with E-state index in [1.807, 2.05) is 41.3 Å². The fourth-order valence-electron chi connectivity index (χ4n) is 4.78. The predicted octanol–water partition coefficient (Wildman–Crippen LogP) is 4.28. The first-order valence-corrected chi connectivity index (χ1v) is 12.6. The number of nitrogens with zero attached hydrogens (tertiary/aromatic N) is 3. The van der Waals surface area contributed by atoms with Crippen LogP contribution in [0.5, 0.6) is 5.75 Å². The van der Waals surface area contributed by atoms with Gasteiger partial charge < -0.3 is 15.0 Å². The molecule has 1 aliphatic heterocycles. The van der Waals surface area contributed by atoms with Crippen LogP contribution in [0.25, 0.3) is 0 Å². The van der Waals surface area contributed by atoms with Gasteiger partial charge in [-0.25, -0.2) is 0 Å². The van der Waals surface area contributed by atoms with Crippen LogP contribution in [0.4, 0.5) is 5.00 Å². The Bertz CT molecular complexity index is 1300. The third kappa shape index (κ3) is 4.77. The number of nitrogens with one attached hydrogen (secondary N) is 1. The number of hydrogen-bond acceptors (Lipinski definition) is 6. The van der Waals surface area contributed by atoms with E-state index in [0.717, 1.165) is 33.7 Å². The summed E-state index contributed by atoms with van der Waals surface area (Å²) >= 11 is 1.42. The Kier molecular flexibility index (Phi) is 6.51. The standard InChI is InChI=1S/C27H26N4O3S/c1-34-23-7-3-2-6-18(23)20-13-21(20)26(33)30-27-22(14-28)19-10-12-31(16-24(19)35-27)25(32)9-8-17-5-4-11-29-15-17/h2-7,11,15,20-21H,8-10,12-13,16H2,1H3,(H,30,33). The molecule has 7 nitrogen and oxygen atoms in total. The fourth-order valence-corrected chi connectivity index (χ4v) is 6.00. The molecule has 3 aromatic rings. The van der Waals surface area contributed by atoms with Crippen LogP contribution < -0.4 is 10.1 Å². The van der Waals surface area contributed by atoms with Gasteiger partial charge in [-0.3, -0.25) is 14.6 Å². The summed E-state index contributed by atoms with van der Waals surface area (Å²) in [7, 11) is 1.64. The molecule has 2 amide bonds. The zero-order chi connectivity index (χ0) is 24.4. The number of anilines is 1. The molecule has 0 saturated heterocycles. The van der Waals surface area contributed by atoms with E-state index in [0.29, 0.717) is 42.9 Å². The molecule has 5 rings (SSSR count). The SMILES string of the molecule is COc1ccccc1C1CC1C(=O)Nc1sc2c(c1C#N)CCN(C(=O)CCc1cccnc1)C2. The van der Waals surface area contributed by atoms with Gasteiger partial charge in [0.2, 0.25) is 11.8 Å². The number of pyridine rings is 1. The van der Waals surface area contributed by atoms with Crippen LogP contribution in [0.2, 0.25) is 0 Å². The lowest BCUT2D eigenvalue weighted by Crippen LogP contribution is -2.35. The second-order valence-electron chi connectivity index (χ2n) is 8.93. The highest BCUT2D eigenvalue weighted by Gasteiger charge is 2.45. The van der Waals surface area contributed by atoms with Crippen LogP contribution in [-0.2, 0) is 29.0 Å². The molecule has 2 atom stereocenters. The monoisotopic (exact) mass is 486 g/mol. The number of hydrogen-bond donors (Lipinski definition) is 1. The minimum Gasteiger partial charge on any atom is -0.496 e. The molecule has 1 fully saturated rings. The van der Waals surface area contributed by atoms with Crippen LogP contribution in [0.1, 0.15) is 45.9 Å². The smallest absolute Gasteiger partial charge is 0.228 e. The quantitative estimate of drug-likeness (QED) is 0.538. The summed E-state index contributed by atoms with van der Waals surface area (Å²) in [5.41, 5.74) is 3.58. The number of ether oxygens (including phenoxy) is 1. The van der Waals surface area contributed by atoms with Crippen molar-refractivity contribution < 1.29 is 14.3 Å².